The minimum atomic E-state index is -1.33. The minimum Gasteiger partial charge on any atom is -0.493 e. The van der Waals surface area contributed by atoms with Crippen LogP contribution >= 0.6 is 0 Å². The van der Waals surface area contributed by atoms with E-state index in [0.717, 1.165) is 7.11 Å². The van der Waals surface area contributed by atoms with E-state index in [9.17, 15) is 49.1 Å². The highest BCUT2D eigenvalue weighted by Crippen LogP contribution is 2.36. The number of hydrogen-bond acceptors (Lipinski definition) is 17. The lowest BCUT2D eigenvalue weighted by Gasteiger charge is -2.16. The van der Waals surface area contributed by atoms with Gasteiger partial charge in [0.25, 0.3) is 23.4 Å². The number of esters is 1. The highest BCUT2D eigenvalue weighted by Gasteiger charge is 2.24. The van der Waals surface area contributed by atoms with Crippen molar-refractivity contribution in [2.75, 3.05) is 49.5 Å². The molecule has 4 heterocycles. The quantitative estimate of drug-likeness (QED) is 0.0326. The second kappa shape index (κ2) is 20.7. The zero-order chi connectivity index (χ0) is 51.2. The normalized spacial score (nSPS) is 10.9. The molecule has 3 amide bonds. The van der Waals surface area contributed by atoms with Crippen LogP contribution in [0.15, 0.2) is 97.1 Å². The molecule has 0 saturated heterocycles. The number of anilines is 3. The summed E-state index contributed by atoms with van der Waals surface area (Å²) in [5.74, 6) is -5.71. The SMILES string of the molecule is CCOc1cc(C(=O)Nc2cccc3c(OCC(=O)O)cc(C(=O)OC)nc23)nc2c(NC(=O)c3cc(OCC(=O)O)c4cccc(NC(=O)c5cc(OCC)c6cccc([N+](=O)[O-])c6n5)c4n3)cccc12. The molecule has 23 heteroatoms. The van der Waals surface area contributed by atoms with Gasteiger partial charge >= 0.3 is 17.9 Å². The number of para-hydroxylation sites is 4. The molecule has 0 aliphatic carbocycles. The van der Waals surface area contributed by atoms with E-state index in [0.29, 0.717) is 10.8 Å². The van der Waals surface area contributed by atoms with Crippen LogP contribution in [0.1, 0.15) is 55.8 Å². The minimum absolute atomic E-state index is 0.0190. The van der Waals surface area contributed by atoms with Crippen LogP contribution in [0.2, 0.25) is 0 Å². The van der Waals surface area contributed by atoms with Gasteiger partial charge in [-0.15, -0.1) is 0 Å². The fourth-order valence-corrected chi connectivity index (χ4v) is 7.49. The lowest BCUT2D eigenvalue weighted by molar-refractivity contribution is -0.383. The molecule has 0 fully saturated rings. The van der Waals surface area contributed by atoms with Gasteiger partial charge in [0.05, 0.1) is 58.9 Å². The van der Waals surface area contributed by atoms with E-state index in [1.807, 2.05) is 0 Å². The number of ether oxygens (including phenoxy) is 5. The van der Waals surface area contributed by atoms with E-state index in [4.69, 9.17) is 23.7 Å². The predicted molar refractivity (Wildman–Crippen MR) is 257 cm³/mol. The van der Waals surface area contributed by atoms with Crippen LogP contribution in [-0.4, -0.2) is 104 Å². The first-order chi connectivity index (χ1) is 34.7. The fourth-order valence-electron chi connectivity index (χ4n) is 7.49. The molecule has 72 heavy (non-hydrogen) atoms. The molecular formula is C49H38N8O15. The van der Waals surface area contributed by atoms with Crippen molar-refractivity contribution in [2.45, 2.75) is 13.8 Å². The van der Waals surface area contributed by atoms with Gasteiger partial charge in [-0.25, -0.2) is 34.3 Å². The molecule has 0 aliphatic rings. The van der Waals surface area contributed by atoms with Crippen molar-refractivity contribution in [2.24, 2.45) is 0 Å². The number of nitrogens with one attached hydrogen (secondary N) is 3. The summed E-state index contributed by atoms with van der Waals surface area (Å²) in [5, 5.41) is 40.0. The Morgan fingerprint density at radius 1 is 0.514 bits per heavy atom. The standard InChI is InChI=1S/C49H38N8O15/c1-4-69-36-18-31(46(62)56-30-16-8-12-26-39(72-23-41(60)61)21-34(49(65)68-3)53-44(26)30)50-42-24(36)10-6-14-28(42)54-47(63)32-20-38(71-22-40(58)59)25-11-7-15-29(43(25)51-32)55-48(64)33-19-37(70-5-2)27-13-9-17-35(57(66)67)45(27)52-33/h6-21H,4-5,22-23H2,1-3H3,(H,54,63)(H,55,64)(H,56,62)(H,58,59)(H,60,61). The van der Waals surface area contributed by atoms with Crippen LogP contribution < -0.4 is 34.9 Å². The molecule has 0 unspecified atom stereocenters. The van der Waals surface area contributed by atoms with Gasteiger partial charge < -0.3 is 49.8 Å². The number of pyridine rings is 4. The molecule has 0 spiro atoms. The van der Waals surface area contributed by atoms with E-state index in [2.05, 4.69) is 35.9 Å². The summed E-state index contributed by atoms with van der Waals surface area (Å²) >= 11 is 0. The average Bonchev–Trinajstić information content (AvgIpc) is 3.36. The molecule has 5 N–H and O–H groups in total. The van der Waals surface area contributed by atoms with Crippen molar-refractivity contribution in [3.8, 4) is 23.0 Å². The highest BCUT2D eigenvalue weighted by molar-refractivity contribution is 6.14. The first kappa shape index (κ1) is 48.4. The van der Waals surface area contributed by atoms with Gasteiger partial charge in [-0.3, -0.25) is 24.5 Å². The number of carboxylic acids is 2. The van der Waals surface area contributed by atoms with E-state index in [1.54, 1.807) is 44.2 Å². The maximum absolute atomic E-state index is 14.3. The Labute approximate surface area is 404 Å². The molecule has 4 aromatic carbocycles. The van der Waals surface area contributed by atoms with E-state index < -0.39 is 53.8 Å². The largest absolute Gasteiger partial charge is 0.493 e. The third-order valence-electron chi connectivity index (χ3n) is 10.5. The molecule has 8 rings (SSSR count). The fraction of sp³-hybridized carbons (Fsp3) is 0.143. The van der Waals surface area contributed by atoms with Gasteiger partial charge in [0.1, 0.15) is 40.1 Å². The van der Waals surface area contributed by atoms with Crippen LogP contribution in [0.3, 0.4) is 0 Å². The summed E-state index contributed by atoms with van der Waals surface area (Å²) in [6.45, 7) is 2.18. The molecule has 8 aromatic rings. The molecule has 0 radical (unpaired) electrons. The summed E-state index contributed by atoms with van der Waals surface area (Å²) in [5.41, 5.74) is -1.18. The number of non-ortho nitro benzene ring substituents is 1. The third kappa shape index (κ3) is 10.1. The number of aliphatic carboxylic acids is 2. The van der Waals surface area contributed by atoms with Crippen LogP contribution in [-0.2, 0) is 14.3 Å². The average molecular weight is 979 g/mol. The smallest absolute Gasteiger partial charge is 0.356 e. The summed E-state index contributed by atoms with van der Waals surface area (Å²) in [6, 6.07) is 23.2. The summed E-state index contributed by atoms with van der Waals surface area (Å²) in [6.07, 6.45) is 0. The maximum Gasteiger partial charge on any atom is 0.356 e. The number of nitro benzene ring substituents is 1. The van der Waals surface area contributed by atoms with Crippen LogP contribution in [0.4, 0.5) is 22.7 Å². The Balaban J connectivity index is 1.16. The first-order valence-corrected chi connectivity index (χ1v) is 21.5. The number of benzene rings is 4. The number of fused-ring (bicyclic) bond motifs is 4. The topological polar surface area (TPSA) is 320 Å². The van der Waals surface area contributed by atoms with E-state index in [1.165, 1.54) is 66.7 Å². The number of hydrogen-bond donors (Lipinski definition) is 5. The Bertz CT molecular complexity index is 3570. The van der Waals surface area contributed by atoms with Gasteiger partial charge in [0.15, 0.2) is 24.4 Å². The molecular weight excluding hydrogens is 941 g/mol. The number of carbonyl (C=O) groups is 6. The van der Waals surface area contributed by atoms with Gasteiger partial charge in [-0.05, 0) is 56.3 Å². The lowest BCUT2D eigenvalue weighted by Crippen LogP contribution is -2.18. The number of methoxy groups -OCH3 is 1. The Kier molecular flexibility index (Phi) is 13.9. The number of nitrogens with zero attached hydrogens (tertiary/aromatic N) is 5. The van der Waals surface area contributed by atoms with Gasteiger partial charge in [-0.2, -0.15) is 0 Å². The summed E-state index contributed by atoms with van der Waals surface area (Å²) < 4.78 is 27.5. The molecule has 0 saturated carbocycles. The summed E-state index contributed by atoms with van der Waals surface area (Å²) in [4.78, 5) is 107. The van der Waals surface area contributed by atoms with Gasteiger partial charge in [-0.1, -0.05) is 24.3 Å². The molecule has 4 aromatic heterocycles. The summed E-state index contributed by atoms with van der Waals surface area (Å²) in [7, 11) is 1.13. The van der Waals surface area contributed by atoms with E-state index >= 15 is 0 Å². The van der Waals surface area contributed by atoms with Crippen molar-refractivity contribution in [1.82, 2.24) is 19.9 Å². The lowest BCUT2D eigenvalue weighted by atomic mass is 10.1. The van der Waals surface area contributed by atoms with Crippen molar-refractivity contribution >= 4 is 102 Å². The van der Waals surface area contributed by atoms with Gasteiger partial charge in [0, 0.05) is 51.9 Å². The predicted octanol–water partition coefficient (Wildman–Crippen LogP) is 7.06. The Hall–Kier alpha value is -10.1. The first-order valence-electron chi connectivity index (χ1n) is 21.5. The molecule has 0 atom stereocenters. The maximum atomic E-state index is 14.3. The third-order valence-corrected chi connectivity index (χ3v) is 10.5. The highest BCUT2D eigenvalue weighted by atomic mass is 16.6. The second-order valence-corrected chi connectivity index (χ2v) is 15.1. The van der Waals surface area contributed by atoms with E-state index in [-0.39, 0.29) is 115 Å². The molecule has 23 nitrogen and oxygen atoms in total. The van der Waals surface area contributed by atoms with Crippen molar-refractivity contribution in [3.05, 3.63) is 130 Å². The van der Waals surface area contributed by atoms with Crippen molar-refractivity contribution in [3.63, 3.8) is 0 Å². The number of rotatable bonds is 18. The number of aromatic nitrogens is 4. The molecule has 0 bridgehead atoms. The van der Waals surface area contributed by atoms with Crippen LogP contribution in [0.25, 0.3) is 43.6 Å². The van der Waals surface area contributed by atoms with Gasteiger partial charge in [0.2, 0.25) is 0 Å². The zero-order valence-corrected chi connectivity index (χ0v) is 38.0. The Morgan fingerprint density at radius 2 is 0.847 bits per heavy atom. The van der Waals surface area contributed by atoms with Crippen molar-refractivity contribution < 1.29 is 67.6 Å². The molecule has 364 valence electrons. The number of nitro groups is 1. The Morgan fingerprint density at radius 3 is 1.21 bits per heavy atom. The van der Waals surface area contributed by atoms with Crippen LogP contribution in [0.5, 0.6) is 23.0 Å². The zero-order valence-electron chi connectivity index (χ0n) is 38.0. The number of carbonyl (C=O) groups excluding carboxylic acids is 4. The number of carboxylic acid groups (broad SMARTS) is 2. The number of amides is 3. The molecule has 0 aliphatic heterocycles. The van der Waals surface area contributed by atoms with Crippen molar-refractivity contribution in [1.29, 1.82) is 0 Å². The second-order valence-electron chi connectivity index (χ2n) is 15.1. The van der Waals surface area contributed by atoms with Crippen LogP contribution in [0, 0.1) is 10.1 Å². The monoisotopic (exact) mass is 978 g/mol.